The van der Waals surface area contributed by atoms with E-state index >= 15 is 0 Å². The Morgan fingerprint density at radius 3 is 2.77 bits per heavy atom. The van der Waals surface area contributed by atoms with Crippen molar-refractivity contribution >= 4 is 62.5 Å². The first-order valence-corrected chi connectivity index (χ1v) is 10.2. The van der Waals surface area contributed by atoms with Crippen molar-refractivity contribution in [2.45, 2.75) is 11.8 Å². The van der Waals surface area contributed by atoms with Gasteiger partial charge < -0.3 is 5.32 Å². The van der Waals surface area contributed by atoms with Crippen LogP contribution < -0.4 is 5.32 Å². The van der Waals surface area contributed by atoms with Gasteiger partial charge in [-0.25, -0.2) is 9.67 Å². The average molecular weight is 472 g/mol. The van der Waals surface area contributed by atoms with Gasteiger partial charge in [0, 0.05) is 22.2 Å². The van der Waals surface area contributed by atoms with Crippen molar-refractivity contribution < 1.29 is 4.79 Å². The van der Waals surface area contributed by atoms with Gasteiger partial charge in [-0.3, -0.25) is 4.79 Å². The van der Waals surface area contributed by atoms with E-state index in [1.807, 2.05) is 19.2 Å². The summed E-state index contributed by atoms with van der Waals surface area (Å²) in [5.41, 5.74) is 1.89. The van der Waals surface area contributed by atoms with Crippen LogP contribution in [0.25, 0.3) is 5.82 Å². The van der Waals surface area contributed by atoms with E-state index in [9.17, 15) is 4.79 Å². The van der Waals surface area contributed by atoms with Gasteiger partial charge in [-0.2, -0.15) is 5.10 Å². The molecule has 1 aromatic carbocycles. The number of thioether (sulfide) groups is 1. The minimum Gasteiger partial charge on any atom is -0.319 e. The number of carbonyl (C=O) groups excluding carboxylic acids is 1. The van der Waals surface area contributed by atoms with Gasteiger partial charge in [0.2, 0.25) is 0 Å². The molecule has 0 saturated heterocycles. The molecule has 0 fully saturated rings. The van der Waals surface area contributed by atoms with E-state index in [2.05, 4.69) is 31.3 Å². The molecule has 1 N–H and O–H groups in total. The lowest BCUT2D eigenvalue weighted by Gasteiger charge is -2.14. The van der Waals surface area contributed by atoms with E-state index in [1.165, 1.54) is 16.4 Å². The first-order chi connectivity index (χ1) is 12.4. The Bertz CT molecular complexity index is 993. The molecular formula is C17H13BrCl2N4OS. The number of pyridine rings is 1. The van der Waals surface area contributed by atoms with Crippen molar-refractivity contribution in [1.29, 1.82) is 0 Å². The second kappa shape index (κ2) is 8.00. The van der Waals surface area contributed by atoms with Crippen LogP contribution in [0, 0.1) is 6.92 Å². The number of aryl methyl sites for hydroxylation is 1. The lowest BCUT2D eigenvalue weighted by molar-refractivity contribution is 0.101. The van der Waals surface area contributed by atoms with Crippen LogP contribution in [0.4, 0.5) is 5.69 Å². The molecule has 0 atom stereocenters. The number of hydrogen-bond donors (Lipinski definition) is 1. The zero-order chi connectivity index (χ0) is 18.8. The van der Waals surface area contributed by atoms with Crippen LogP contribution in [0.3, 0.4) is 0 Å². The number of nitrogens with zero attached hydrogens (tertiary/aromatic N) is 3. The molecule has 3 rings (SSSR count). The molecule has 0 bridgehead atoms. The Labute approximate surface area is 173 Å². The topological polar surface area (TPSA) is 59.8 Å². The number of benzene rings is 1. The van der Waals surface area contributed by atoms with E-state index in [-0.39, 0.29) is 5.91 Å². The second-order valence-electron chi connectivity index (χ2n) is 5.33. The molecule has 0 spiro atoms. The van der Waals surface area contributed by atoms with Crippen LogP contribution in [0.1, 0.15) is 16.1 Å². The fourth-order valence-electron chi connectivity index (χ4n) is 2.42. The highest BCUT2D eigenvalue weighted by Gasteiger charge is 2.20. The normalized spacial score (nSPS) is 10.8. The third kappa shape index (κ3) is 3.91. The largest absolute Gasteiger partial charge is 0.319 e. The smallest absolute Gasteiger partial charge is 0.274 e. The Kier molecular flexibility index (Phi) is 5.92. The van der Waals surface area contributed by atoms with Crippen LogP contribution in [0.15, 0.2) is 46.0 Å². The molecule has 0 aliphatic heterocycles. The Hall–Kier alpha value is -1.54. The average Bonchev–Trinajstić information content (AvgIpc) is 2.99. The molecule has 5 nitrogen and oxygen atoms in total. The molecule has 0 radical (unpaired) electrons. The van der Waals surface area contributed by atoms with Crippen LogP contribution in [0.2, 0.25) is 10.0 Å². The monoisotopic (exact) mass is 470 g/mol. The lowest BCUT2D eigenvalue weighted by Crippen LogP contribution is -2.18. The van der Waals surface area contributed by atoms with Crippen molar-refractivity contribution in [3.05, 3.63) is 62.4 Å². The molecule has 2 heterocycles. The molecular weight excluding hydrogens is 459 g/mol. The minimum absolute atomic E-state index is 0.305. The van der Waals surface area contributed by atoms with Crippen molar-refractivity contribution in [3.63, 3.8) is 0 Å². The minimum atomic E-state index is -0.328. The van der Waals surface area contributed by atoms with Gasteiger partial charge in [0.1, 0.15) is 10.3 Å². The molecule has 0 aliphatic rings. The van der Waals surface area contributed by atoms with Crippen molar-refractivity contribution in [2.75, 3.05) is 11.6 Å². The summed E-state index contributed by atoms with van der Waals surface area (Å²) >= 11 is 17.1. The molecule has 1 amide bonds. The molecule has 0 aliphatic carbocycles. The van der Waals surface area contributed by atoms with E-state index < -0.39 is 0 Å². The first kappa shape index (κ1) is 19.2. The predicted molar refractivity (Wildman–Crippen MR) is 110 cm³/mol. The summed E-state index contributed by atoms with van der Waals surface area (Å²) in [6, 6.07) is 8.64. The number of rotatable bonds is 4. The van der Waals surface area contributed by atoms with Crippen LogP contribution in [-0.4, -0.2) is 26.9 Å². The number of halogens is 3. The van der Waals surface area contributed by atoms with Gasteiger partial charge in [-0.05, 0) is 58.9 Å². The van der Waals surface area contributed by atoms with E-state index in [0.717, 1.165) is 10.5 Å². The van der Waals surface area contributed by atoms with Gasteiger partial charge >= 0.3 is 0 Å². The molecule has 3 aromatic rings. The summed E-state index contributed by atoms with van der Waals surface area (Å²) in [4.78, 5) is 18.0. The standard InChI is InChI=1S/C17H13BrCl2N4OS/c1-9-6-10(19)7-13(26-2)15(9)22-17(25)12-8-14(18)23-24(12)16-11(20)4-3-5-21-16/h3-8H,1-2H3,(H,22,25). The predicted octanol–water partition coefficient (Wildman–Crippen LogP) is 5.62. The van der Waals surface area contributed by atoms with Gasteiger partial charge in [-0.15, -0.1) is 11.8 Å². The zero-order valence-electron chi connectivity index (χ0n) is 13.8. The lowest BCUT2D eigenvalue weighted by atomic mass is 10.2. The number of nitrogens with one attached hydrogen (secondary N) is 1. The maximum atomic E-state index is 12.9. The summed E-state index contributed by atoms with van der Waals surface area (Å²) in [6.07, 6.45) is 3.52. The Morgan fingerprint density at radius 1 is 1.31 bits per heavy atom. The van der Waals surface area contributed by atoms with Crippen LogP contribution in [0.5, 0.6) is 0 Å². The van der Waals surface area contributed by atoms with Crippen LogP contribution >= 0.6 is 50.9 Å². The number of anilines is 1. The zero-order valence-corrected chi connectivity index (χ0v) is 17.7. The maximum absolute atomic E-state index is 12.9. The molecule has 2 aromatic heterocycles. The molecule has 0 unspecified atom stereocenters. The molecule has 134 valence electrons. The molecule has 26 heavy (non-hydrogen) atoms. The third-order valence-corrected chi connectivity index (χ3v) is 5.24. The van der Waals surface area contributed by atoms with Gasteiger partial charge in [-0.1, -0.05) is 23.2 Å². The van der Waals surface area contributed by atoms with Crippen molar-refractivity contribution in [2.24, 2.45) is 0 Å². The fourth-order valence-corrected chi connectivity index (χ4v) is 4.00. The van der Waals surface area contributed by atoms with E-state index in [4.69, 9.17) is 23.2 Å². The Balaban J connectivity index is 2.02. The summed E-state index contributed by atoms with van der Waals surface area (Å²) in [7, 11) is 0. The first-order valence-electron chi connectivity index (χ1n) is 7.42. The SMILES string of the molecule is CSc1cc(Cl)cc(C)c1NC(=O)c1cc(Br)nn1-c1ncccc1Cl. The summed E-state index contributed by atoms with van der Waals surface area (Å²) in [6.45, 7) is 1.89. The maximum Gasteiger partial charge on any atom is 0.274 e. The fraction of sp³-hybridized carbons (Fsp3) is 0.118. The van der Waals surface area contributed by atoms with Gasteiger partial charge in [0.25, 0.3) is 5.91 Å². The highest BCUT2D eigenvalue weighted by Crippen LogP contribution is 2.32. The number of aromatic nitrogens is 3. The van der Waals surface area contributed by atoms with Gasteiger partial charge in [0.15, 0.2) is 5.82 Å². The number of amides is 1. The highest BCUT2D eigenvalue weighted by molar-refractivity contribution is 9.10. The van der Waals surface area contributed by atoms with Crippen molar-refractivity contribution in [3.8, 4) is 5.82 Å². The van der Waals surface area contributed by atoms with Crippen LogP contribution in [-0.2, 0) is 0 Å². The van der Waals surface area contributed by atoms with E-state index in [1.54, 1.807) is 30.5 Å². The number of hydrogen-bond acceptors (Lipinski definition) is 4. The summed E-state index contributed by atoms with van der Waals surface area (Å²) in [5, 5.41) is 8.24. The second-order valence-corrected chi connectivity index (χ2v) is 7.83. The van der Waals surface area contributed by atoms with E-state index in [0.29, 0.717) is 31.8 Å². The summed E-state index contributed by atoms with van der Waals surface area (Å²) in [5.74, 6) is 0.0496. The third-order valence-electron chi connectivity index (χ3n) is 3.57. The van der Waals surface area contributed by atoms with Gasteiger partial charge in [0.05, 0.1) is 10.7 Å². The highest BCUT2D eigenvalue weighted by atomic mass is 79.9. The molecule has 9 heteroatoms. The van der Waals surface area contributed by atoms with Crippen molar-refractivity contribution in [1.82, 2.24) is 14.8 Å². The Morgan fingerprint density at radius 2 is 2.08 bits per heavy atom. The quantitative estimate of drug-likeness (QED) is 0.501. The molecule has 0 saturated carbocycles. The summed E-state index contributed by atoms with van der Waals surface area (Å²) < 4.78 is 1.91. The number of carbonyl (C=O) groups is 1.